The Kier molecular flexibility index (Phi) is 1.44. The van der Waals surface area contributed by atoms with E-state index in [-0.39, 0.29) is 0 Å². The summed E-state index contributed by atoms with van der Waals surface area (Å²) in [7, 11) is 0. The Labute approximate surface area is 72.0 Å². The molecule has 11 heavy (non-hydrogen) atoms. The highest BCUT2D eigenvalue weighted by Gasteiger charge is 1.99. The number of nitrogens with one attached hydrogen (secondary N) is 1. The number of halogens is 1. The van der Waals surface area contributed by atoms with Crippen LogP contribution in [-0.4, -0.2) is 9.97 Å². The first kappa shape index (κ1) is 6.82. The van der Waals surface area contributed by atoms with Crippen LogP contribution in [0.15, 0.2) is 16.7 Å². The third kappa shape index (κ3) is 1.15. The van der Waals surface area contributed by atoms with Gasteiger partial charge in [0.1, 0.15) is 0 Å². The van der Waals surface area contributed by atoms with Crippen LogP contribution in [0.3, 0.4) is 0 Å². The van der Waals surface area contributed by atoms with Crippen LogP contribution in [0.25, 0.3) is 11.2 Å². The topological polar surface area (TPSA) is 41.8 Å². The van der Waals surface area contributed by atoms with Crippen molar-refractivity contribution in [3.8, 4) is 0 Å². The molecule has 2 aromatic heterocycles. The molecule has 3 nitrogen and oxygen atoms in total. The molecule has 5 heteroatoms. The lowest BCUT2D eigenvalue weighted by Crippen LogP contribution is -1.73. The molecule has 0 fully saturated rings. The number of oxazole rings is 1. The molecule has 2 heterocycles. The predicted molar refractivity (Wildman–Crippen MR) is 44.2 cm³/mol. The fourth-order valence-corrected chi connectivity index (χ4v) is 1.15. The number of aromatic amines is 1. The first-order chi connectivity index (χ1) is 5.25. The molecule has 0 saturated carbocycles. The van der Waals surface area contributed by atoms with Gasteiger partial charge in [0.15, 0.2) is 11.2 Å². The highest BCUT2D eigenvalue weighted by molar-refractivity contribution is 7.71. The fourth-order valence-electron chi connectivity index (χ4n) is 0.814. The third-order valence-corrected chi connectivity index (χ3v) is 1.63. The number of hydrogen-bond donors (Lipinski definition) is 1. The largest absolute Gasteiger partial charge is 0.428 e. The van der Waals surface area contributed by atoms with E-state index in [2.05, 4.69) is 9.97 Å². The molecule has 0 unspecified atom stereocenters. The number of nitrogens with zero attached hydrogens (tertiary/aromatic N) is 1. The maximum Gasteiger partial charge on any atom is 0.268 e. The average molecular weight is 187 g/mol. The van der Waals surface area contributed by atoms with E-state index in [0.29, 0.717) is 21.1 Å². The zero-order valence-corrected chi connectivity index (χ0v) is 6.87. The van der Waals surface area contributed by atoms with Crippen LogP contribution >= 0.6 is 23.8 Å². The van der Waals surface area contributed by atoms with E-state index < -0.39 is 0 Å². The molecule has 1 N–H and O–H groups in total. The molecule has 0 saturated heterocycles. The molecular formula is C6H3ClN2OS. The van der Waals surface area contributed by atoms with Crippen LogP contribution in [0, 0.1) is 4.84 Å². The zero-order valence-electron chi connectivity index (χ0n) is 5.30. The molecule has 2 aromatic rings. The summed E-state index contributed by atoms with van der Waals surface area (Å²) >= 11 is 10.4. The second-order valence-corrected chi connectivity index (χ2v) is 2.82. The fraction of sp³-hybridized carbons (Fsp3) is 0. The van der Waals surface area contributed by atoms with E-state index in [0.717, 1.165) is 0 Å². The molecule has 0 bridgehead atoms. The van der Waals surface area contributed by atoms with Crippen molar-refractivity contribution < 1.29 is 4.42 Å². The normalized spacial score (nSPS) is 10.6. The number of H-pyrrole nitrogens is 1. The summed E-state index contributed by atoms with van der Waals surface area (Å²) in [5, 5.41) is 0.537. The van der Waals surface area contributed by atoms with Crippen molar-refractivity contribution in [3.63, 3.8) is 0 Å². The lowest BCUT2D eigenvalue weighted by molar-refractivity contribution is 0.583. The van der Waals surface area contributed by atoms with Crippen LogP contribution < -0.4 is 0 Å². The van der Waals surface area contributed by atoms with Gasteiger partial charge in [0.05, 0.1) is 5.02 Å². The minimum Gasteiger partial charge on any atom is -0.428 e. The summed E-state index contributed by atoms with van der Waals surface area (Å²) in [5.41, 5.74) is 1.21. The molecule has 0 aromatic carbocycles. The number of pyridine rings is 1. The number of hydrogen-bond acceptors (Lipinski definition) is 3. The van der Waals surface area contributed by atoms with Gasteiger partial charge in [-0.3, -0.25) is 4.98 Å². The van der Waals surface area contributed by atoms with E-state index in [4.69, 9.17) is 28.2 Å². The Morgan fingerprint density at radius 2 is 2.45 bits per heavy atom. The Hall–Kier alpha value is -0.870. The van der Waals surface area contributed by atoms with E-state index in [1.807, 2.05) is 0 Å². The Bertz CT molecular complexity index is 447. The molecule has 0 amide bonds. The van der Waals surface area contributed by atoms with Crippen LogP contribution in [-0.2, 0) is 0 Å². The van der Waals surface area contributed by atoms with Crippen molar-refractivity contribution in [2.45, 2.75) is 0 Å². The van der Waals surface area contributed by atoms with Gasteiger partial charge >= 0.3 is 0 Å². The van der Waals surface area contributed by atoms with E-state index in [9.17, 15) is 0 Å². The van der Waals surface area contributed by atoms with Crippen molar-refractivity contribution in [1.29, 1.82) is 0 Å². The van der Waals surface area contributed by atoms with Crippen molar-refractivity contribution >= 4 is 35.0 Å². The molecule has 2 rings (SSSR count). The Morgan fingerprint density at radius 3 is 3.27 bits per heavy atom. The molecule has 56 valence electrons. The van der Waals surface area contributed by atoms with Gasteiger partial charge in [-0.1, -0.05) is 11.6 Å². The van der Waals surface area contributed by atoms with Gasteiger partial charge in [-0.25, -0.2) is 4.98 Å². The lowest BCUT2D eigenvalue weighted by atomic mass is 10.5. The monoisotopic (exact) mass is 186 g/mol. The second-order valence-electron chi connectivity index (χ2n) is 2.01. The Balaban J connectivity index is 2.92. The van der Waals surface area contributed by atoms with Gasteiger partial charge in [-0.2, -0.15) is 0 Å². The molecule has 0 spiro atoms. The van der Waals surface area contributed by atoms with E-state index in [1.165, 1.54) is 6.20 Å². The highest BCUT2D eigenvalue weighted by atomic mass is 35.5. The van der Waals surface area contributed by atoms with Crippen molar-refractivity contribution in [1.82, 2.24) is 9.97 Å². The van der Waals surface area contributed by atoms with E-state index in [1.54, 1.807) is 6.07 Å². The van der Waals surface area contributed by atoms with Gasteiger partial charge in [0.2, 0.25) is 0 Å². The number of fused-ring (bicyclic) bond motifs is 1. The average Bonchev–Trinajstić information content (AvgIpc) is 2.27. The summed E-state index contributed by atoms with van der Waals surface area (Å²) in [6, 6.07) is 1.66. The summed E-state index contributed by atoms with van der Waals surface area (Å²) < 4.78 is 5.06. The molecule has 0 atom stereocenters. The minimum atomic E-state index is 0.315. The van der Waals surface area contributed by atoms with Gasteiger partial charge < -0.3 is 4.42 Å². The SMILES string of the molecule is S=c1[nH]c2ncc(Cl)cc2o1. The van der Waals surface area contributed by atoms with Crippen LogP contribution in [0.2, 0.25) is 5.02 Å². The molecule has 0 aliphatic heterocycles. The maximum absolute atomic E-state index is 5.66. The summed E-state index contributed by atoms with van der Waals surface area (Å²) in [4.78, 5) is 7.03. The maximum atomic E-state index is 5.66. The van der Waals surface area contributed by atoms with Gasteiger partial charge in [-0.05, 0) is 12.2 Å². The molecular weight excluding hydrogens is 184 g/mol. The third-order valence-electron chi connectivity index (χ3n) is 1.24. The standard InChI is InChI=1S/C6H3ClN2OS/c7-3-1-4-5(8-2-3)9-6(11)10-4/h1-2H,(H,8,9,11). The zero-order chi connectivity index (χ0) is 7.84. The van der Waals surface area contributed by atoms with Crippen LogP contribution in [0.1, 0.15) is 0 Å². The summed E-state index contributed by atoms with van der Waals surface area (Å²) in [6.45, 7) is 0. The second kappa shape index (κ2) is 2.32. The quantitative estimate of drug-likeness (QED) is 0.643. The van der Waals surface area contributed by atoms with Crippen molar-refractivity contribution in [3.05, 3.63) is 22.1 Å². The molecule has 0 radical (unpaired) electrons. The molecule has 0 aliphatic carbocycles. The lowest BCUT2D eigenvalue weighted by Gasteiger charge is -1.85. The smallest absolute Gasteiger partial charge is 0.268 e. The minimum absolute atomic E-state index is 0.315. The number of aromatic nitrogens is 2. The van der Waals surface area contributed by atoms with Crippen LogP contribution in [0.4, 0.5) is 0 Å². The van der Waals surface area contributed by atoms with Gasteiger partial charge in [0, 0.05) is 12.3 Å². The molecule has 0 aliphatic rings. The van der Waals surface area contributed by atoms with Gasteiger partial charge in [-0.15, -0.1) is 0 Å². The Morgan fingerprint density at radius 1 is 1.64 bits per heavy atom. The van der Waals surface area contributed by atoms with Gasteiger partial charge in [0.25, 0.3) is 4.84 Å². The van der Waals surface area contributed by atoms with Crippen molar-refractivity contribution in [2.24, 2.45) is 0 Å². The summed E-state index contributed by atoms with van der Waals surface area (Å²) in [6.07, 6.45) is 1.53. The summed E-state index contributed by atoms with van der Waals surface area (Å²) in [5.74, 6) is 0. The first-order valence-electron chi connectivity index (χ1n) is 2.90. The van der Waals surface area contributed by atoms with E-state index >= 15 is 0 Å². The first-order valence-corrected chi connectivity index (χ1v) is 3.69. The van der Waals surface area contributed by atoms with Crippen molar-refractivity contribution in [2.75, 3.05) is 0 Å². The predicted octanol–water partition coefficient (Wildman–Crippen LogP) is 2.54. The highest BCUT2D eigenvalue weighted by Crippen LogP contribution is 2.15. The number of rotatable bonds is 0. The van der Waals surface area contributed by atoms with Crippen LogP contribution in [0.5, 0.6) is 0 Å².